The molecule has 0 spiro atoms. The number of amides is 1. The van der Waals surface area contributed by atoms with Crippen LogP contribution in [0.1, 0.15) is 15.9 Å². The van der Waals surface area contributed by atoms with Crippen molar-refractivity contribution < 1.29 is 9.18 Å². The standard InChI is InChI=1S/C9H6FNO/c10-8-5-6-3-1-2-4-7(6)9(12)11-8/h1-4H,5H2. The highest BCUT2D eigenvalue weighted by Gasteiger charge is 2.17. The van der Waals surface area contributed by atoms with Crippen molar-refractivity contribution in [3.05, 3.63) is 35.4 Å². The summed E-state index contributed by atoms with van der Waals surface area (Å²) < 4.78 is 12.6. The van der Waals surface area contributed by atoms with Crippen LogP contribution in [0.25, 0.3) is 0 Å². The first-order chi connectivity index (χ1) is 5.77. The van der Waals surface area contributed by atoms with E-state index >= 15 is 0 Å². The zero-order valence-corrected chi connectivity index (χ0v) is 6.25. The van der Waals surface area contributed by atoms with Crippen molar-refractivity contribution in [2.45, 2.75) is 6.42 Å². The quantitative estimate of drug-likeness (QED) is 0.572. The number of benzene rings is 1. The van der Waals surface area contributed by atoms with Crippen LogP contribution in [0, 0.1) is 0 Å². The summed E-state index contributed by atoms with van der Waals surface area (Å²) in [5.41, 5.74) is 1.23. The molecule has 1 heterocycles. The van der Waals surface area contributed by atoms with Crippen LogP contribution in [0.2, 0.25) is 0 Å². The molecule has 0 aromatic heterocycles. The lowest BCUT2D eigenvalue weighted by Gasteiger charge is -2.08. The zero-order valence-electron chi connectivity index (χ0n) is 6.25. The highest BCUT2D eigenvalue weighted by atomic mass is 19.1. The summed E-state index contributed by atoms with van der Waals surface area (Å²) in [5, 5.41) is 0. The molecule has 0 N–H and O–H groups in total. The molecule has 1 aliphatic rings. The van der Waals surface area contributed by atoms with Crippen LogP contribution >= 0.6 is 0 Å². The fraction of sp³-hybridized carbons (Fsp3) is 0.111. The monoisotopic (exact) mass is 163 g/mol. The van der Waals surface area contributed by atoms with Crippen LogP contribution in [0.3, 0.4) is 0 Å². The van der Waals surface area contributed by atoms with Gasteiger partial charge in [0, 0.05) is 12.0 Å². The minimum atomic E-state index is -0.598. The van der Waals surface area contributed by atoms with Gasteiger partial charge in [-0.25, -0.2) is 0 Å². The normalized spacial score (nSPS) is 15.4. The van der Waals surface area contributed by atoms with Crippen molar-refractivity contribution in [3.8, 4) is 0 Å². The van der Waals surface area contributed by atoms with Gasteiger partial charge in [-0.3, -0.25) is 4.79 Å². The molecule has 0 aliphatic carbocycles. The Kier molecular flexibility index (Phi) is 1.50. The minimum Gasteiger partial charge on any atom is -0.267 e. The molecule has 0 unspecified atom stereocenters. The highest BCUT2D eigenvalue weighted by molar-refractivity contribution is 6.06. The third-order valence-electron chi connectivity index (χ3n) is 1.81. The zero-order chi connectivity index (χ0) is 8.55. The fourth-order valence-corrected chi connectivity index (χ4v) is 1.25. The Morgan fingerprint density at radius 2 is 2.08 bits per heavy atom. The molecule has 1 amide bonds. The molecule has 0 saturated carbocycles. The summed E-state index contributed by atoms with van der Waals surface area (Å²) in [6.07, 6.45) is 0.141. The molecule has 1 aliphatic heterocycles. The summed E-state index contributed by atoms with van der Waals surface area (Å²) in [4.78, 5) is 14.3. The molecule has 3 heteroatoms. The predicted molar refractivity (Wildman–Crippen MR) is 43.0 cm³/mol. The van der Waals surface area contributed by atoms with E-state index in [0.29, 0.717) is 5.56 Å². The summed E-state index contributed by atoms with van der Waals surface area (Å²) in [7, 11) is 0. The second-order valence-corrected chi connectivity index (χ2v) is 2.63. The van der Waals surface area contributed by atoms with E-state index in [2.05, 4.69) is 4.99 Å². The first-order valence-corrected chi connectivity index (χ1v) is 3.62. The van der Waals surface area contributed by atoms with Crippen LogP contribution in [0.15, 0.2) is 29.3 Å². The summed E-state index contributed by atoms with van der Waals surface area (Å²) in [5.74, 6) is -1.08. The number of nitrogens with zero attached hydrogens (tertiary/aromatic N) is 1. The second kappa shape index (κ2) is 2.52. The van der Waals surface area contributed by atoms with E-state index in [1.807, 2.05) is 0 Å². The van der Waals surface area contributed by atoms with Gasteiger partial charge in [-0.2, -0.15) is 9.38 Å². The Morgan fingerprint density at radius 3 is 2.92 bits per heavy atom. The number of halogens is 1. The van der Waals surface area contributed by atoms with E-state index in [1.54, 1.807) is 24.3 Å². The predicted octanol–water partition coefficient (Wildman–Crippen LogP) is 1.75. The number of rotatable bonds is 0. The molecule has 0 atom stereocenters. The SMILES string of the molecule is O=C1N=C(F)Cc2ccccc21. The largest absolute Gasteiger partial charge is 0.279 e. The van der Waals surface area contributed by atoms with Gasteiger partial charge in [-0.05, 0) is 11.6 Å². The maximum Gasteiger partial charge on any atom is 0.279 e. The van der Waals surface area contributed by atoms with Crippen molar-refractivity contribution in [2.75, 3.05) is 0 Å². The van der Waals surface area contributed by atoms with Crippen LogP contribution in [0.5, 0.6) is 0 Å². The van der Waals surface area contributed by atoms with E-state index in [-0.39, 0.29) is 6.42 Å². The van der Waals surface area contributed by atoms with E-state index in [9.17, 15) is 9.18 Å². The summed E-state index contributed by atoms with van der Waals surface area (Å²) in [6, 6.07) is 6.93. The van der Waals surface area contributed by atoms with Crippen LogP contribution in [-0.2, 0) is 6.42 Å². The Morgan fingerprint density at radius 1 is 1.33 bits per heavy atom. The molecule has 60 valence electrons. The van der Waals surface area contributed by atoms with E-state index in [4.69, 9.17) is 0 Å². The van der Waals surface area contributed by atoms with Crippen LogP contribution in [-0.4, -0.2) is 11.9 Å². The van der Waals surface area contributed by atoms with Gasteiger partial charge in [0.2, 0.25) is 0 Å². The Balaban J connectivity index is 2.56. The van der Waals surface area contributed by atoms with Gasteiger partial charge in [0.05, 0.1) is 0 Å². The first kappa shape index (κ1) is 7.16. The van der Waals surface area contributed by atoms with E-state index < -0.39 is 11.9 Å². The fourth-order valence-electron chi connectivity index (χ4n) is 1.25. The molecule has 1 aromatic rings. The Labute approximate surface area is 68.7 Å². The topological polar surface area (TPSA) is 29.4 Å². The molecule has 2 nitrogen and oxygen atoms in total. The maximum atomic E-state index is 12.6. The lowest BCUT2D eigenvalue weighted by Crippen LogP contribution is -2.12. The van der Waals surface area contributed by atoms with Crippen molar-refractivity contribution in [1.82, 2.24) is 0 Å². The molecule has 0 saturated heterocycles. The minimum absolute atomic E-state index is 0.141. The average molecular weight is 163 g/mol. The summed E-state index contributed by atoms with van der Waals surface area (Å²) in [6.45, 7) is 0. The average Bonchev–Trinajstić information content (AvgIpc) is 2.04. The first-order valence-electron chi connectivity index (χ1n) is 3.62. The number of carbonyl (C=O) groups is 1. The molecule has 0 radical (unpaired) electrons. The van der Waals surface area contributed by atoms with Crippen molar-refractivity contribution in [3.63, 3.8) is 0 Å². The molecule has 0 fully saturated rings. The van der Waals surface area contributed by atoms with Crippen molar-refractivity contribution in [1.29, 1.82) is 0 Å². The lowest BCUT2D eigenvalue weighted by atomic mass is 10.0. The molecule has 12 heavy (non-hydrogen) atoms. The van der Waals surface area contributed by atoms with Gasteiger partial charge >= 0.3 is 0 Å². The van der Waals surface area contributed by atoms with Gasteiger partial charge in [0.1, 0.15) is 0 Å². The third-order valence-corrected chi connectivity index (χ3v) is 1.81. The summed E-state index contributed by atoms with van der Waals surface area (Å²) >= 11 is 0. The molecular weight excluding hydrogens is 157 g/mol. The van der Waals surface area contributed by atoms with Gasteiger partial charge in [-0.1, -0.05) is 18.2 Å². The Bertz CT molecular complexity index is 371. The van der Waals surface area contributed by atoms with Gasteiger partial charge in [-0.15, -0.1) is 0 Å². The third kappa shape index (κ3) is 1.03. The molecule has 1 aromatic carbocycles. The number of fused-ring (bicyclic) bond motifs is 1. The van der Waals surface area contributed by atoms with E-state index in [1.165, 1.54) is 0 Å². The molecule has 2 rings (SSSR count). The molecule has 0 bridgehead atoms. The number of carbonyl (C=O) groups excluding carboxylic acids is 1. The van der Waals surface area contributed by atoms with Crippen molar-refractivity contribution in [2.24, 2.45) is 4.99 Å². The van der Waals surface area contributed by atoms with Gasteiger partial charge in [0.25, 0.3) is 5.91 Å². The van der Waals surface area contributed by atoms with Gasteiger partial charge in [0.15, 0.2) is 5.97 Å². The van der Waals surface area contributed by atoms with Crippen molar-refractivity contribution >= 4 is 11.9 Å². The van der Waals surface area contributed by atoms with Crippen LogP contribution in [0.4, 0.5) is 4.39 Å². The Hall–Kier alpha value is -1.51. The number of hydrogen-bond donors (Lipinski definition) is 0. The van der Waals surface area contributed by atoms with Gasteiger partial charge < -0.3 is 0 Å². The second-order valence-electron chi connectivity index (χ2n) is 2.63. The number of hydrogen-bond acceptors (Lipinski definition) is 1. The smallest absolute Gasteiger partial charge is 0.267 e. The lowest BCUT2D eigenvalue weighted by molar-refractivity contribution is 0.0998. The number of aliphatic imine (C=N–C) groups is 1. The maximum absolute atomic E-state index is 12.6. The van der Waals surface area contributed by atoms with Crippen LogP contribution < -0.4 is 0 Å². The van der Waals surface area contributed by atoms with E-state index in [0.717, 1.165) is 5.56 Å². The molecular formula is C9H6FNO. The highest BCUT2D eigenvalue weighted by Crippen LogP contribution is 2.16.